The van der Waals surface area contributed by atoms with Crippen molar-refractivity contribution in [2.45, 2.75) is 373 Å². The van der Waals surface area contributed by atoms with Crippen molar-refractivity contribution in [2.24, 2.45) is 0 Å². The molecule has 8 nitrogen and oxygen atoms in total. The first-order valence-electron chi connectivity index (χ1n) is 33.4. The first kappa shape index (κ1) is 73.5. The van der Waals surface area contributed by atoms with E-state index >= 15 is 0 Å². The number of aliphatic hydroxyl groups excluding tert-OH is 1. The van der Waals surface area contributed by atoms with E-state index in [1.54, 1.807) is 0 Å². The normalized spacial score (nSPS) is 13.7. The number of phosphoric acid groups is 1. The van der Waals surface area contributed by atoms with Crippen LogP contribution in [0.5, 0.6) is 0 Å². The molecule has 0 rings (SSSR count). The number of hydrogen-bond acceptors (Lipinski definition) is 6. The Hall–Kier alpha value is -0.500. The average molecular weight is 1070 g/mol. The molecular weight excluding hydrogens is 936 g/mol. The highest BCUT2D eigenvalue weighted by Crippen LogP contribution is 2.38. The Bertz CT molecular complexity index is 1170. The molecule has 9 heteroatoms. The molecule has 0 aliphatic rings. The minimum Gasteiger partial charge on any atom is -0.756 e. The lowest BCUT2D eigenvalue weighted by Gasteiger charge is -2.30. The number of rotatable bonds is 63. The van der Waals surface area contributed by atoms with Gasteiger partial charge in [0.25, 0.3) is 7.82 Å². The third-order valence-electron chi connectivity index (χ3n) is 15.8. The average Bonchev–Trinajstić information content (AvgIpc) is 3.36. The minimum absolute atomic E-state index is 0.0169. The second-order valence-electron chi connectivity index (χ2n) is 24.5. The van der Waals surface area contributed by atoms with Crippen molar-refractivity contribution in [3.8, 4) is 0 Å². The topological polar surface area (TPSA) is 108 Å². The Morgan fingerprint density at radius 1 is 0.419 bits per heavy atom. The number of hydrogen-bond donors (Lipinski definition) is 2. The zero-order valence-corrected chi connectivity index (χ0v) is 51.7. The van der Waals surface area contributed by atoms with Gasteiger partial charge in [-0.05, 0) is 12.8 Å². The van der Waals surface area contributed by atoms with Crippen LogP contribution in [0.4, 0.5) is 0 Å². The molecule has 0 saturated heterocycles. The lowest BCUT2D eigenvalue weighted by atomic mass is 10.0. The Morgan fingerprint density at radius 3 is 0.919 bits per heavy atom. The number of likely N-dealkylation sites (N-methyl/N-ethyl adjacent to an activating group) is 1. The van der Waals surface area contributed by atoms with Gasteiger partial charge in [0.2, 0.25) is 5.91 Å². The molecule has 0 bridgehead atoms. The predicted octanol–water partition coefficient (Wildman–Crippen LogP) is 20.1. The van der Waals surface area contributed by atoms with Gasteiger partial charge < -0.3 is 28.8 Å². The molecule has 0 spiro atoms. The smallest absolute Gasteiger partial charge is 0.268 e. The highest BCUT2D eigenvalue weighted by molar-refractivity contribution is 7.45. The molecule has 0 aliphatic carbocycles. The number of carbonyl (C=O) groups excluding carboxylic acids is 1. The van der Waals surface area contributed by atoms with Crippen molar-refractivity contribution in [2.75, 3.05) is 40.9 Å². The summed E-state index contributed by atoms with van der Waals surface area (Å²) in [5, 5.41) is 14.1. The van der Waals surface area contributed by atoms with Crippen LogP contribution in [0.1, 0.15) is 361 Å². The second kappa shape index (κ2) is 57.2. The molecular formula is C65H133N2O6P. The predicted molar refractivity (Wildman–Crippen MR) is 321 cm³/mol. The summed E-state index contributed by atoms with van der Waals surface area (Å²) in [7, 11) is 1.33. The van der Waals surface area contributed by atoms with Gasteiger partial charge in [0.15, 0.2) is 0 Å². The molecule has 444 valence electrons. The number of amides is 1. The number of unbranched alkanes of at least 4 members (excludes halogenated alkanes) is 50. The number of carbonyl (C=O) groups is 1. The summed E-state index contributed by atoms with van der Waals surface area (Å²) in [4.78, 5) is 25.6. The molecule has 0 fully saturated rings. The van der Waals surface area contributed by atoms with Crippen LogP contribution in [-0.4, -0.2) is 68.5 Å². The number of aliphatic hydroxyl groups is 1. The summed E-state index contributed by atoms with van der Waals surface area (Å²) in [6.07, 6.45) is 70.2. The van der Waals surface area contributed by atoms with Crippen molar-refractivity contribution < 1.29 is 32.9 Å². The zero-order chi connectivity index (χ0) is 54.2. The second-order valence-corrected chi connectivity index (χ2v) is 26.0. The van der Waals surface area contributed by atoms with Gasteiger partial charge in [0.05, 0.1) is 39.9 Å². The van der Waals surface area contributed by atoms with E-state index in [9.17, 15) is 19.4 Å². The van der Waals surface area contributed by atoms with Crippen molar-refractivity contribution >= 4 is 13.7 Å². The first-order chi connectivity index (χ1) is 36.0. The Morgan fingerprint density at radius 2 is 0.662 bits per heavy atom. The summed E-state index contributed by atoms with van der Waals surface area (Å²) >= 11 is 0. The zero-order valence-electron chi connectivity index (χ0n) is 50.8. The molecule has 0 heterocycles. The van der Waals surface area contributed by atoms with E-state index in [-0.39, 0.29) is 19.1 Å². The van der Waals surface area contributed by atoms with Crippen LogP contribution >= 0.6 is 7.82 Å². The van der Waals surface area contributed by atoms with Crippen LogP contribution in [0.3, 0.4) is 0 Å². The van der Waals surface area contributed by atoms with Crippen LogP contribution in [0.25, 0.3) is 0 Å². The third-order valence-corrected chi connectivity index (χ3v) is 16.8. The molecule has 0 aliphatic heterocycles. The summed E-state index contributed by atoms with van der Waals surface area (Å²) in [6.45, 7) is 4.80. The van der Waals surface area contributed by atoms with Crippen LogP contribution < -0.4 is 10.2 Å². The van der Waals surface area contributed by atoms with Gasteiger partial charge in [-0.2, -0.15) is 0 Å². The van der Waals surface area contributed by atoms with Crippen molar-refractivity contribution in [1.29, 1.82) is 0 Å². The van der Waals surface area contributed by atoms with Gasteiger partial charge in [-0.3, -0.25) is 9.36 Å². The van der Waals surface area contributed by atoms with Crippen molar-refractivity contribution in [3.05, 3.63) is 0 Å². The number of quaternary nitrogens is 1. The van der Waals surface area contributed by atoms with Gasteiger partial charge in [-0.25, -0.2) is 0 Å². The van der Waals surface area contributed by atoms with E-state index < -0.39 is 20.0 Å². The van der Waals surface area contributed by atoms with Crippen LogP contribution in [0.2, 0.25) is 0 Å². The summed E-state index contributed by atoms with van der Waals surface area (Å²) in [6, 6.07) is -0.796. The molecule has 3 atom stereocenters. The molecule has 0 saturated carbocycles. The van der Waals surface area contributed by atoms with E-state index in [0.29, 0.717) is 23.9 Å². The Labute approximate surface area is 463 Å². The molecule has 3 unspecified atom stereocenters. The molecule has 1 amide bonds. The lowest BCUT2D eigenvalue weighted by Crippen LogP contribution is -2.46. The monoisotopic (exact) mass is 1070 g/mol. The fourth-order valence-corrected chi connectivity index (χ4v) is 11.4. The van der Waals surface area contributed by atoms with Crippen molar-refractivity contribution in [3.63, 3.8) is 0 Å². The summed E-state index contributed by atoms with van der Waals surface area (Å²) in [5.41, 5.74) is 0. The standard InChI is InChI=1S/C65H133N2O6P/c1-6-8-10-12-14-16-18-20-22-24-26-28-30-32-33-34-35-36-38-40-42-44-46-48-50-52-54-56-58-64(68)63(62-73-74(70,71)72-61-60-67(3,4)5)66-65(69)59-57-55-53-51-49-47-45-43-41-39-37-31-29-27-25-23-21-19-17-15-13-11-9-7-2/h63-64,68H,6-62H2,1-5H3,(H-,66,69,70,71). The lowest BCUT2D eigenvalue weighted by molar-refractivity contribution is -0.870. The maximum atomic E-state index is 13.0. The first-order valence-corrected chi connectivity index (χ1v) is 34.8. The maximum absolute atomic E-state index is 13.0. The molecule has 2 N–H and O–H groups in total. The van der Waals surface area contributed by atoms with E-state index in [2.05, 4.69) is 19.2 Å². The van der Waals surface area contributed by atoms with E-state index in [4.69, 9.17) is 9.05 Å². The maximum Gasteiger partial charge on any atom is 0.268 e. The van der Waals surface area contributed by atoms with Gasteiger partial charge in [-0.1, -0.05) is 341 Å². The Kier molecular flexibility index (Phi) is 56.8. The third kappa shape index (κ3) is 59.2. The van der Waals surface area contributed by atoms with Gasteiger partial charge in [-0.15, -0.1) is 0 Å². The summed E-state index contributed by atoms with van der Waals surface area (Å²) < 4.78 is 23.5. The van der Waals surface area contributed by atoms with Gasteiger partial charge in [0, 0.05) is 6.42 Å². The fraction of sp³-hybridized carbons (Fsp3) is 0.985. The highest BCUT2D eigenvalue weighted by atomic mass is 31.2. The number of nitrogens with one attached hydrogen (secondary N) is 1. The number of nitrogens with zero attached hydrogens (tertiary/aromatic N) is 1. The SMILES string of the molecule is CCCCCCCCCCCCCCCCCCCCCCCCCCCCCCC(O)C(COP(=O)([O-])OCC[N+](C)(C)C)NC(=O)CCCCCCCCCCCCCCCCCCCCCCCCCC. The van der Waals surface area contributed by atoms with Crippen LogP contribution in [0.15, 0.2) is 0 Å². The van der Waals surface area contributed by atoms with Gasteiger partial charge in [0.1, 0.15) is 13.2 Å². The van der Waals surface area contributed by atoms with E-state index in [0.717, 1.165) is 38.5 Å². The largest absolute Gasteiger partial charge is 0.756 e. The molecule has 0 aromatic heterocycles. The molecule has 0 aromatic rings. The fourth-order valence-electron chi connectivity index (χ4n) is 10.6. The van der Waals surface area contributed by atoms with E-state index in [1.165, 1.54) is 295 Å². The molecule has 0 radical (unpaired) electrons. The molecule has 74 heavy (non-hydrogen) atoms. The summed E-state index contributed by atoms with van der Waals surface area (Å²) in [5.74, 6) is -0.154. The Balaban J connectivity index is 4.02. The number of phosphoric ester groups is 1. The van der Waals surface area contributed by atoms with E-state index in [1.807, 2.05) is 21.1 Å². The van der Waals surface area contributed by atoms with Gasteiger partial charge >= 0.3 is 0 Å². The quantitative estimate of drug-likeness (QED) is 0.0357. The minimum atomic E-state index is -4.57. The highest BCUT2D eigenvalue weighted by Gasteiger charge is 2.24. The van der Waals surface area contributed by atoms with Crippen LogP contribution in [-0.2, 0) is 18.4 Å². The molecule has 0 aromatic carbocycles. The van der Waals surface area contributed by atoms with Crippen LogP contribution in [0, 0.1) is 0 Å². The van der Waals surface area contributed by atoms with Crippen molar-refractivity contribution in [1.82, 2.24) is 5.32 Å².